The molecule has 1 atom stereocenters. The van der Waals surface area contributed by atoms with E-state index in [-0.39, 0.29) is 0 Å². The van der Waals surface area contributed by atoms with Crippen LogP contribution in [0.25, 0.3) is 10.1 Å². The molecule has 0 spiro atoms. The molecule has 2 nitrogen and oxygen atoms in total. The van der Waals surface area contributed by atoms with Gasteiger partial charge in [-0.2, -0.15) is 0 Å². The first-order chi connectivity index (χ1) is 8.33. The fourth-order valence-electron chi connectivity index (χ4n) is 1.82. The maximum atomic E-state index is 4.11. The standard InChI is InChI=1S/C13H12N2S2/c1-9(13-7-14-8-17-13)15-11-2-3-12-10(6-11)4-5-16-12/h2-9,15H,1H3. The van der Waals surface area contributed by atoms with Crippen LogP contribution in [0.1, 0.15) is 17.8 Å². The van der Waals surface area contributed by atoms with Gasteiger partial charge in [-0.25, -0.2) is 0 Å². The van der Waals surface area contributed by atoms with E-state index < -0.39 is 0 Å². The second kappa shape index (κ2) is 4.47. The number of hydrogen-bond donors (Lipinski definition) is 1. The molecule has 0 aliphatic rings. The minimum absolute atomic E-state index is 0.304. The van der Waals surface area contributed by atoms with Crippen LogP contribution in [0.2, 0.25) is 0 Å². The summed E-state index contributed by atoms with van der Waals surface area (Å²) in [6, 6.07) is 8.96. The molecule has 3 aromatic rings. The maximum Gasteiger partial charge on any atom is 0.0795 e. The molecule has 2 heterocycles. The van der Waals surface area contributed by atoms with E-state index in [9.17, 15) is 0 Å². The van der Waals surface area contributed by atoms with Crippen molar-refractivity contribution >= 4 is 38.4 Å². The molecule has 0 radical (unpaired) electrons. The Labute approximate surface area is 108 Å². The molecule has 0 aliphatic heterocycles. The zero-order valence-corrected chi connectivity index (χ0v) is 11.0. The van der Waals surface area contributed by atoms with Gasteiger partial charge in [0.2, 0.25) is 0 Å². The summed E-state index contributed by atoms with van der Waals surface area (Å²) in [6.07, 6.45) is 1.92. The number of thiazole rings is 1. The van der Waals surface area contributed by atoms with Crippen molar-refractivity contribution in [2.75, 3.05) is 5.32 Å². The van der Waals surface area contributed by atoms with Crippen LogP contribution in [0.3, 0.4) is 0 Å². The van der Waals surface area contributed by atoms with Crippen LogP contribution in [0.15, 0.2) is 41.4 Å². The lowest BCUT2D eigenvalue weighted by molar-refractivity contribution is 0.904. The summed E-state index contributed by atoms with van der Waals surface area (Å²) in [4.78, 5) is 5.37. The molecular weight excluding hydrogens is 248 g/mol. The fourth-order valence-corrected chi connectivity index (χ4v) is 3.22. The van der Waals surface area contributed by atoms with Crippen molar-refractivity contribution in [2.24, 2.45) is 0 Å². The van der Waals surface area contributed by atoms with E-state index in [1.165, 1.54) is 15.0 Å². The number of aromatic nitrogens is 1. The summed E-state index contributed by atoms with van der Waals surface area (Å²) in [7, 11) is 0. The molecule has 4 heteroatoms. The Balaban J connectivity index is 1.84. The number of benzene rings is 1. The molecule has 1 unspecified atom stereocenters. The Kier molecular flexibility index (Phi) is 2.82. The predicted octanol–water partition coefficient (Wildman–Crippen LogP) is 4.53. The molecule has 1 N–H and O–H groups in total. The smallest absolute Gasteiger partial charge is 0.0795 e. The van der Waals surface area contributed by atoms with Crippen LogP contribution in [0, 0.1) is 0 Å². The van der Waals surface area contributed by atoms with Crippen LogP contribution in [0.5, 0.6) is 0 Å². The number of hydrogen-bond acceptors (Lipinski definition) is 4. The van der Waals surface area contributed by atoms with E-state index in [0.29, 0.717) is 6.04 Å². The molecular formula is C13H12N2S2. The van der Waals surface area contributed by atoms with Gasteiger partial charge in [-0.3, -0.25) is 4.98 Å². The van der Waals surface area contributed by atoms with Crippen molar-refractivity contribution in [1.29, 1.82) is 0 Å². The van der Waals surface area contributed by atoms with E-state index >= 15 is 0 Å². The lowest BCUT2D eigenvalue weighted by Crippen LogP contribution is -2.04. The minimum atomic E-state index is 0.304. The van der Waals surface area contributed by atoms with E-state index in [0.717, 1.165) is 5.69 Å². The Morgan fingerprint density at radius 2 is 2.18 bits per heavy atom. The average molecular weight is 260 g/mol. The third-order valence-corrected chi connectivity index (χ3v) is 4.57. The van der Waals surface area contributed by atoms with Gasteiger partial charge in [0.05, 0.1) is 11.6 Å². The van der Waals surface area contributed by atoms with Crippen LogP contribution in [-0.4, -0.2) is 4.98 Å². The monoisotopic (exact) mass is 260 g/mol. The summed E-state index contributed by atoms with van der Waals surface area (Å²) < 4.78 is 1.33. The largest absolute Gasteiger partial charge is 0.378 e. The molecule has 0 bridgehead atoms. The van der Waals surface area contributed by atoms with Crippen molar-refractivity contribution in [3.8, 4) is 0 Å². The highest BCUT2D eigenvalue weighted by Gasteiger charge is 2.07. The van der Waals surface area contributed by atoms with Gasteiger partial charge in [0.25, 0.3) is 0 Å². The maximum absolute atomic E-state index is 4.11. The second-order valence-electron chi connectivity index (χ2n) is 3.94. The first-order valence-electron chi connectivity index (χ1n) is 5.45. The van der Waals surface area contributed by atoms with Gasteiger partial charge in [0.15, 0.2) is 0 Å². The van der Waals surface area contributed by atoms with Crippen LogP contribution < -0.4 is 5.32 Å². The van der Waals surface area contributed by atoms with E-state index in [1.54, 1.807) is 22.7 Å². The highest BCUT2D eigenvalue weighted by molar-refractivity contribution is 7.17. The Hall–Kier alpha value is -1.39. The topological polar surface area (TPSA) is 24.9 Å². The summed E-state index contributed by atoms with van der Waals surface area (Å²) in [5.74, 6) is 0. The molecule has 0 saturated heterocycles. The summed E-state index contributed by atoms with van der Waals surface area (Å²) in [5, 5.41) is 6.93. The molecule has 3 rings (SSSR count). The number of nitrogens with one attached hydrogen (secondary N) is 1. The first kappa shape index (κ1) is 10.7. The number of rotatable bonds is 3. The molecule has 17 heavy (non-hydrogen) atoms. The molecule has 2 aromatic heterocycles. The van der Waals surface area contributed by atoms with E-state index in [2.05, 4.69) is 46.9 Å². The zero-order valence-electron chi connectivity index (χ0n) is 9.38. The van der Waals surface area contributed by atoms with Gasteiger partial charge >= 0.3 is 0 Å². The quantitative estimate of drug-likeness (QED) is 0.748. The Morgan fingerprint density at radius 3 is 3.00 bits per heavy atom. The lowest BCUT2D eigenvalue weighted by Gasteiger charge is -2.13. The molecule has 1 aromatic carbocycles. The lowest BCUT2D eigenvalue weighted by atomic mass is 10.2. The van der Waals surface area contributed by atoms with E-state index in [4.69, 9.17) is 0 Å². The Morgan fingerprint density at radius 1 is 1.24 bits per heavy atom. The van der Waals surface area contributed by atoms with Crippen molar-refractivity contribution in [3.63, 3.8) is 0 Å². The van der Waals surface area contributed by atoms with Crippen molar-refractivity contribution < 1.29 is 0 Å². The van der Waals surface area contributed by atoms with Gasteiger partial charge in [-0.15, -0.1) is 22.7 Å². The Bertz CT molecular complexity index is 613. The summed E-state index contributed by atoms with van der Waals surface area (Å²) in [6.45, 7) is 2.16. The SMILES string of the molecule is CC(Nc1ccc2sccc2c1)c1cncs1. The van der Waals surface area contributed by atoms with Gasteiger partial charge in [0, 0.05) is 21.5 Å². The van der Waals surface area contributed by atoms with Crippen LogP contribution >= 0.6 is 22.7 Å². The van der Waals surface area contributed by atoms with Crippen molar-refractivity contribution in [2.45, 2.75) is 13.0 Å². The summed E-state index contributed by atoms with van der Waals surface area (Å²) in [5.41, 5.74) is 3.03. The highest BCUT2D eigenvalue weighted by Crippen LogP contribution is 2.27. The number of nitrogens with zero attached hydrogens (tertiary/aromatic N) is 1. The van der Waals surface area contributed by atoms with Crippen LogP contribution in [-0.2, 0) is 0 Å². The van der Waals surface area contributed by atoms with Crippen molar-refractivity contribution in [1.82, 2.24) is 4.98 Å². The van der Waals surface area contributed by atoms with Gasteiger partial charge in [-0.05, 0) is 42.0 Å². The molecule has 0 saturated carbocycles. The minimum Gasteiger partial charge on any atom is -0.378 e. The summed E-state index contributed by atoms with van der Waals surface area (Å²) >= 11 is 3.46. The second-order valence-corrected chi connectivity index (χ2v) is 5.81. The highest BCUT2D eigenvalue weighted by atomic mass is 32.1. The third kappa shape index (κ3) is 2.18. The zero-order chi connectivity index (χ0) is 11.7. The first-order valence-corrected chi connectivity index (χ1v) is 7.21. The fraction of sp³-hybridized carbons (Fsp3) is 0.154. The van der Waals surface area contributed by atoms with Gasteiger partial charge in [0.1, 0.15) is 0 Å². The molecule has 0 aliphatic carbocycles. The van der Waals surface area contributed by atoms with Gasteiger partial charge in [-0.1, -0.05) is 0 Å². The van der Waals surface area contributed by atoms with E-state index in [1.807, 2.05) is 11.7 Å². The van der Waals surface area contributed by atoms with Crippen molar-refractivity contribution in [3.05, 3.63) is 46.2 Å². The normalized spacial score (nSPS) is 12.8. The molecule has 0 fully saturated rings. The predicted molar refractivity (Wildman–Crippen MR) is 76.0 cm³/mol. The molecule has 0 amide bonds. The number of thiophene rings is 1. The third-order valence-electron chi connectivity index (χ3n) is 2.71. The molecule has 86 valence electrons. The number of anilines is 1. The average Bonchev–Trinajstić information content (AvgIpc) is 2.99. The van der Waals surface area contributed by atoms with Gasteiger partial charge < -0.3 is 5.32 Å². The van der Waals surface area contributed by atoms with Crippen LogP contribution in [0.4, 0.5) is 5.69 Å². The number of fused-ring (bicyclic) bond motifs is 1.